The number of nitrogens with zero attached hydrogens (tertiary/aromatic N) is 1. The summed E-state index contributed by atoms with van der Waals surface area (Å²) in [5, 5.41) is 0. The molecule has 0 saturated carbocycles. The predicted octanol–water partition coefficient (Wildman–Crippen LogP) is 6.04. The van der Waals surface area contributed by atoms with E-state index in [1.807, 2.05) is 0 Å². The fourth-order valence-electron chi connectivity index (χ4n) is 2.64. The van der Waals surface area contributed by atoms with Crippen molar-refractivity contribution < 1.29 is 0 Å². The van der Waals surface area contributed by atoms with Crippen LogP contribution in [-0.2, 0) is 0 Å². The molecular weight excluding hydrogens is 242 g/mol. The van der Waals surface area contributed by atoms with E-state index in [1.54, 1.807) is 0 Å². The van der Waals surface area contributed by atoms with Crippen molar-refractivity contribution >= 4 is 5.69 Å². The van der Waals surface area contributed by atoms with Crippen LogP contribution in [0.5, 0.6) is 0 Å². The number of unbranched alkanes of at least 4 members (excludes halogenated alkanes) is 7. The van der Waals surface area contributed by atoms with Gasteiger partial charge in [-0.15, -0.1) is 0 Å². The molecule has 1 heteroatoms. The predicted molar refractivity (Wildman–Crippen MR) is 91.6 cm³/mol. The van der Waals surface area contributed by atoms with Gasteiger partial charge in [0.1, 0.15) is 0 Å². The topological polar surface area (TPSA) is 3.24 Å². The number of hydrogen-bond acceptors (Lipinski definition) is 1. The molecule has 0 heterocycles. The van der Waals surface area contributed by atoms with Gasteiger partial charge in [0.05, 0.1) is 0 Å². The van der Waals surface area contributed by atoms with E-state index in [0.717, 1.165) is 0 Å². The minimum Gasteiger partial charge on any atom is -0.372 e. The third kappa shape index (κ3) is 7.57. The molecule has 0 aromatic heterocycles. The van der Waals surface area contributed by atoms with Crippen LogP contribution in [0.15, 0.2) is 30.3 Å². The van der Waals surface area contributed by atoms with E-state index in [4.69, 9.17) is 0 Å². The summed E-state index contributed by atoms with van der Waals surface area (Å²) in [7, 11) is 0. The molecule has 0 saturated heterocycles. The molecule has 0 amide bonds. The minimum atomic E-state index is 1.22. The monoisotopic (exact) mass is 275 g/mol. The normalized spacial score (nSPS) is 10.7. The van der Waals surface area contributed by atoms with E-state index >= 15 is 0 Å². The zero-order valence-corrected chi connectivity index (χ0v) is 13.6. The molecule has 0 bridgehead atoms. The summed E-state index contributed by atoms with van der Waals surface area (Å²) in [4.78, 5) is 2.58. The third-order valence-electron chi connectivity index (χ3n) is 3.93. The molecule has 1 aromatic carbocycles. The van der Waals surface area contributed by atoms with Crippen LogP contribution in [0.1, 0.15) is 71.6 Å². The van der Waals surface area contributed by atoms with Crippen LogP contribution < -0.4 is 4.90 Å². The summed E-state index contributed by atoms with van der Waals surface area (Å²) in [6, 6.07) is 10.9. The van der Waals surface area contributed by atoms with Gasteiger partial charge in [-0.25, -0.2) is 0 Å². The average Bonchev–Trinajstić information content (AvgIpc) is 2.50. The van der Waals surface area contributed by atoms with Crippen molar-refractivity contribution in [2.45, 2.75) is 71.6 Å². The van der Waals surface area contributed by atoms with Crippen molar-refractivity contribution in [2.75, 3.05) is 18.0 Å². The van der Waals surface area contributed by atoms with Crippen LogP contribution in [0.25, 0.3) is 0 Å². The quantitative estimate of drug-likeness (QED) is 0.420. The van der Waals surface area contributed by atoms with E-state index in [9.17, 15) is 0 Å². The van der Waals surface area contributed by atoms with Gasteiger partial charge in [-0.3, -0.25) is 0 Å². The highest BCUT2D eigenvalue weighted by molar-refractivity contribution is 5.45. The molecule has 1 rings (SSSR count). The van der Waals surface area contributed by atoms with E-state index in [2.05, 4.69) is 49.1 Å². The first-order valence-electron chi connectivity index (χ1n) is 8.68. The Hall–Kier alpha value is -0.980. The fraction of sp³-hybridized carbons (Fsp3) is 0.684. The van der Waals surface area contributed by atoms with Gasteiger partial charge in [0.25, 0.3) is 0 Å². The maximum Gasteiger partial charge on any atom is 0.0366 e. The Labute approximate surface area is 126 Å². The molecular formula is C19H33N. The Morgan fingerprint density at radius 2 is 1.15 bits per heavy atom. The summed E-state index contributed by atoms with van der Waals surface area (Å²) in [5.74, 6) is 0. The molecule has 0 unspecified atom stereocenters. The van der Waals surface area contributed by atoms with Gasteiger partial charge >= 0.3 is 0 Å². The van der Waals surface area contributed by atoms with Gasteiger partial charge in [0.2, 0.25) is 0 Å². The highest BCUT2D eigenvalue weighted by Crippen LogP contribution is 2.16. The molecule has 0 spiro atoms. The second-order valence-electron chi connectivity index (χ2n) is 5.80. The molecule has 0 aliphatic rings. The lowest BCUT2D eigenvalue weighted by Gasteiger charge is -2.25. The second-order valence-corrected chi connectivity index (χ2v) is 5.80. The lowest BCUT2D eigenvalue weighted by molar-refractivity contribution is 0.597. The van der Waals surface area contributed by atoms with E-state index in [-0.39, 0.29) is 0 Å². The number of rotatable bonds is 12. The number of hydrogen-bond donors (Lipinski definition) is 0. The fourth-order valence-corrected chi connectivity index (χ4v) is 2.64. The lowest BCUT2D eigenvalue weighted by atomic mass is 10.1. The first-order valence-corrected chi connectivity index (χ1v) is 8.68. The Balaban J connectivity index is 2.35. The van der Waals surface area contributed by atoms with Crippen molar-refractivity contribution in [3.63, 3.8) is 0 Å². The van der Waals surface area contributed by atoms with Crippen LogP contribution in [0.2, 0.25) is 0 Å². The summed E-state index contributed by atoms with van der Waals surface area (Å²) >= 11 is 0. The number of para-hydroxylation sites is 1. The highest BCUT2D eigenvalue weighted by Gasteiger charge is 2.05. The Morgan fingerprint density at radius 1 is 0.650 bits per heavy atom. The molecule has 0 aliphatic heterocycles. The Morgan fingerprint density at radius 3 is 1.70 bits per heavy atom. The van der Waals surface area contributed by atoms with Gasteiger partial charge in [0, 0.05) is 18.8 Å². The molecule has 0 fully saturated rings. The summed E-state index contributed by atoms with van der Waals surface area (Å²) < 4.78 is 0. The molecule has 20 heavy (non-hydrogen) atoms. The SMILES string of the molecule is CCCCCCCN(CCCCCC)c1ccccc1. The first kappa shape index (κ1) is 17.1. The van der Waals surface area contributed by atoms with E-state index in [1.165, 1.54) is 76.6 Å². The molecule has 0 radical (unpaired) electrons. The summed E-state index contributed by atoms with van der Waals surface area (Å²) in [5.41, 5.74) is 1.40. The zero-order chi connectivity index (χ0) is 14.5. The smallest absolute Gasteiger partial charge is 0.0366 e. The summed E-state index contributed by atoms with van der Waals surface area (Å²) in [6.07, 6.45) is 12.2. The van der Waals surface area contributed by atoms with Gasteiger partial charge in [0.15, 0.2) is 0 Å². The number of benzene rings is 1. The van der Waals surface area contributed by atoms with E-state index in [0.29, 0.717) is 0 Å². The van der Waals surface area contributed by atoms with Crippen molar-refractivity contribution in [2.24, 2.45) is 0 Å². The second kappa shape index (κ2) is 11.8. The lowest BCUT2D eigenvalue weighted by Crippen LogP contribution is -2.25. The summed E-state index contributed by atoms with van der Waals surface area (Å²) in [6.45, 7) is 7.00. The standard InChI is InChI=1S/C19H33N/c1-3-5-7-9-14-18-20(17-13-8-6-4-2)19-15-11-10-12-16-19/h10-12,15-16H,3-9,13-14,17-18H2,1-2H3. The van der Waals surface area contributed by atoms with Gasteiger partial charge in [-0.1, -0.05) is 77.0 Å². The van der Waals surface area contributed by atoms with Gasteiger partial charge < -0.3 is 4.90 Å². The molecule has 1 aromatic rings. The third-order valence-corrected chi connectivity index (χ3v) is 3.93. The maximum atomic E-state index is 2.58. The van der Waals surface area contributed by atoms with E-state index < -0.39 is 0 Å². The Kier molecular flexibility index (Phi) is 10.1. The Bertz CT molecular complexity index is 307. The van der Waals surface area contributed by atoms with Crippen molar-refractivity contribution in [1.82, 2.24) is 0 Å². The van der Waals surface area contributed by atoms with Crippen LogP contribution in [0.3, 0.4) is 0 Å². The average molecular weight is 275 g/mol. The molecule has 0 aliphatic carbocycles. The molecule has 0 N–H and O–H groups in total. The van der Waals surface area contributed by atoms with Crippen LogP contribution in [0, 0.1) is 0 Å². The molecule has 114 valence electrons. The molecule has 0 atom stereocenters. The van der Waals surface area contributed by atoms with Gasteiger partial charge in [-0.2, -0.15) is 0 Å². The highest BCUT2D eigenvalue weighted by atomic mass is 15.1. The van der Waals surface area contributed by atoms with Gasteiger partial charge in [-0.05, 0) is 25.0 Å². The molecule has 1 nitrogen and oxygen atoms in total. The van der Waals surface area contributed by atoms with Crippen molar-refractivity contribution in [3.05, 3.63) is 30.3 Å². The largest absolute Gasteiger partial charge is 0.372 e. The maximum absolute atomic E-state index is 2.58. The first-order chi connectivity index (χ1) is 9.88. The van der Waals surface area contributed by atoms with Crippen LogP contribution in [-0.4, -0.2) is 13.1 Å². The minimum absolute atomic E-state index is 1.22. The zero-order valence-electron chi connectivity index (χ0n) is 13.6. The van der Waals surface area contributed by atoms with Crippen molar-refractivity contribution in [1.29, 1.82) is 0 Å². The van der Waals surface area contributed by atoms with Crippen LogP contribution in [0.4, 0.5) is 5.69 Å². The van der Waals surface area contributed by atoms with Crippen LogP contribution >= 0.6 is 0 Å². The number of anilines is 1. The van der Waals surface area contributed by atoms with Crippen molar-refractivity contribution in [3.8, 4) is 0 Å².